The van der Waals surface area contributed by atoms with Crippen molar-refractivity contribution in [1.82, 2.24) is 10.2 Å². The SMILES string of the molecule is CNC(C)CCN1CCCC1C1CCCC1. The van der Waals surface area contributed by atoms with Gasteiger partial charge in [-0.15, -0.1) is 0 Å². The third-order valence-electron chi connectivity index (χ3n) is 4.70. The fourth-order valence-electron chi connectivity index (χ4n) is 3.51. The van der Waals surface area contributed by atoms with Crippen molar-refractivity contribution in [2.45, 2.75) is 64.0 Å². The van der Waals surface area contributed by atoms with Crippen LogP contribution in [-0.2, 0) is 0 Å². The van der Waals surface area contributed by atoms with E-state index in [4.69, 9.17) is 0 Å². The van der Waals surface area contributed by atoms with E-state index in [9.17, 15) is 0 Å². The predicted octanol–water partition coefficient (Wildman–Crippen LogP) is 2.64. The van der Waals surface area contributed by atoms with Crippen molar-refractivity contribution in [1.29, 1.82) is 0 Å². The molecule has 0 radical (unpaired) electrons. The first-order valence-corrected chi connectivity index (χ1v) is 7.22. The summed E-state index contributed by atoms with van der Waals surface area (Å²) in [5, 5.41) is 3.35. The van der Waals surface area contributed by atoms with Crippen LogP contribution in [0.5, 0.6) is 0 Å². The van der Waals surface area contributed by atoms with Crippen molar-refractivity contribution < 1.29 is 0 Å². The lowest BCUT2D eigenvalue weighted by Gasteiger charge is -2.30. The highest BCUT2D eigenvalue weighted by atomic mass is 15.2. The Labute approximate surface area is 101 Å². The molecule has 2 atom stereocenters. The van der Waals surface area contributed by atoms with E-state index in [1.807, 2.05) is 0 Å². The van der Waals surface area contributed by atoms with Gasteiger partial charge in [0, 0.05) is 12.1 Å². The lowest BCUT2D eigenvalue weighted by Crippen LogP contribution is -2.37. The highest BCUT2D eigenvalue weighted by Gasteiger charge is 2.32. The van der Waals surface area contributed by atoms with Crippen LogP contribution in [0.2, 0.25) is 0 Å². The van der Waals surface area contributed by atoms with Gasteiger partial charge in [0.1, 0.15) is 0 Å². The summed E-state index contributed by atoms with van der Waals surface area (Å²) >= 11 is 0. The number of hydrogen-bond acceptors (Lipinski definition) is 2. The maximum Gasteiger partial charge on any atom is 0.0124 e. The second-order valence-electron chi connectivity index (χ2n) is 5.77. The second-order valence-corrected chi connectivity index (χ2v) is 5.77. The summed E-state index contributed by atoms with van der Waals surface area (Å²) < 4.78 is 0. The minimum absolute atomic E-state index is 0.671. The summed E-state index contributed by atoms with van der Waals surface area (Å²) in [4.78, 5) is 2.78. The largest absolute Gasteiger partial charge is 0.317 e. The monoisotopic (exact) mass is 224 g/mol. The first kappa shape index (κ1) is 12.4. The average Bonchev–Trinajstić information content (AvgIpc) is 2.95. The fourth-order valence-corrected chi connectivity index (χ4v) is 3.51. The van der Waals surface area contributed by atoms with Gasteiger partial charge < -0.3 is 10.2 Å². The van der Waals surface area contributed by atoms with Gasteiger partial charge in [-0.3, -0.25) is 0 Å². The van der Waals surface area contributed by atoms with Crippen LogP contribution in [0.25, 0.3) is 0 Å². The molecule has 1 N–H and O–H groups in total. The lowest BCUT2D eigenvalue weighted by molar-refractivity contribution is 0.184. The van der Waals surface area contributed by atoms with Crippen LogP contribution in [0.15, 0.2) is 0 Å². The smallest absolute Gasteiger partial charge is 0.0124 e. The van der Waals surface area contributed by atoms with Crippen LogP contribution in [0.4, 0.5) is 0 Å². The van der Waals surface area contributed by atoms with Crippen molar-refractivity contribution in [2.75, 3.05) is 20.1 Å². The van der Waals surface area contributed by atoms with Gasteiger partial charge >= 0.3 is 0 Å². The summed E-state index contributed by atoms with van der Waals surface area (Å²) in [6, 6.07) is 1.61. The van der Waals surface area contributed by atoms with Gasteiger partial charge in [-0.05, 0) is 65.1 Å². The van der Waals surface area contributed by atoms with Crippen LogP contribution in [0, 0.1) is 5.92 Å². The normalized spacial score (nSPS) is 30.0. The van der Waals surface area contributed by atoms with E-state index < -0.39 is 0 Å². The zero-order valence-corrected chi connectivity index (χ0v) is 11.0. The van der Waals surface area contributed by atoms with Gasteiger partial charge in [-0.25, -0.2) is 0 Å². The number of nitrogens with zero attached hydrogens (tertiary/aromatic N) is 1. The average molecular weight is 224 g/mol. The molecule has 0 aromatic heterocycles. The minimum Gasteiger partial charge on any atom is -0.317 e. The van der Waals surface area contributed by atoms with E-state index >= 15 is 0 Å². The molecule has 0 aromatic carbocycles. The van der Waals surface area contributed by atoms with Gasteiger partial charge in [-0.2, -0.15) is 0 Å². The van der Waals surface area contributed by atoms with E-state index in [1.54, 1.807) is 0 Å². The Hall–Kier alpha value is -0.0800. The lowest BCUT2D eigenvalue weighted by atomic mass is 9.96. The molecular weight excluding hydrogens is 196 g/mol. The molecule has 0 amide bonds. The molecule has 16 heavy (non-hydrogen) atoms. The van der Waals surface area contributed by atoms with E-state index in [1.165, 1.54) is 58.0 Å². The second kappa shape index (κ2) is 6.02. The third kappa shape index (κ3) is 2.98. The van der Waals surface area contributed by atoms with E-state index in [0.29, 0.717) is 6.04 Å². The maximum atomic E-state index is 3.35. The van der Waals surface area contributed by atoms with Gasteiger partial charge in [0.25, 0.3) is 0 Å². The molecule has 0 spiro atoms. The molecule has 2 aliphatic rings. The van der Waals surface area contributed by atoms with Gasteiger partial charge in [0.15, 0.2) is 0 Å². The molecule has 2 fully saturated rings. The first-order chi connectivity index (χ1) is 7.81. The van der Waals surface area contributed by atoms with Gasteiger partial charge in [0.05, 0.1) is 0 Å². The van der Waals surface area contributed by atoms with Crippen molar-refractivity contribution in [3.63, 3.8) is 0 Å². The van der Waals surface area contributed by atoms with E-state index in [-0.39, 0.29) is 0 Å². The number of rotatable bonds is 5. The highest BCUT2D eigenvalue weighted by molar-refractivity contribution is 4.87. The Bertz CT molecular complexity index is 199. The number of hydrogen-bond donors (Lipinski definition) is 1. The first-order valence-electron chi connectivity index (χ1n) is 7.22. The third-order valence-corrected chi connectivity index (χ3v) is 4.70. The molecule has 94 valence electrons. The standard InChI is InChI=1S/C14H28N2/c1-12(15-2)9-11-16-10-5-8-14(16)13-6-3-4-7-13/h12-15H,3-11H2,1-2H3. The summed E-state index contributed by atoms with van der Waals surface area (Å²) in [6.45, 7) is 4.96. The van der Waals surface area contributed by atoms with Crippen LogP contribution < -0.4 is 5.32 Å². The zero-order chi connectivity index (χ0) is 11.4. The number of nitrogens with one attached hydrogen (secondary N) is 1. The molecular formula is C14H28N2. The van der Waals surface area contributed by atoms with Crippen LogP contribution in [-0.4, -0.2) is 37.1 Å². The Morgan fingerprint density at radius 1 is 1.19 bits per heavy atom. The highest BCUT2D eigenvalue weighted by Crippen LogP contribution is 2.35. The van der Waals surface area contributed by atoms with E-state index in [2.05, 4.69) is 24.2 Å². The minimum atomic E-state index is 0.671. The zero-order valence-electron chi connectivity index (χ0n) is 11.0. The molecule has 2 rings (SSSR count). The van der Waals surface area contributed by atoms with Crippen molar-refractivity contribution in [3.05, 3.63) is 0 Å². The molecule has 2 heteroatoms. The van der Waals surface area contributed by atoms with Crippen LogP contribution in [0.3, 0.4) is 0 Å². The quantitative estimate of drug-likeness (QED) is 0.772. The molecule has 1 saturated carbocycles. The maximum absolute atomic E-state index is 3.35. The van der Waals surface area contributed by atoms with Crippen LogP contribution >= 0.6 is 0 Å². The van der Waals surface area contributed by atoms with Gasteiger partial charge in [-0.1, -0.05) is 12.8 Å². The Morgan fingerprint density at radius 2 is 1.94 bits per heavy atom. The summed E-state index contributed by atoms with van der Waals surface area (Å²) in [6.07, 6.45) is 10.2. The molecule has 0 bridgehead atoms. The number of likely N-dealkylation sites (tertiary alicyclic amines) is 1. The van der Waals surface area contributed by atoms with Gasteiger partial charge in [0.2, 0.25) is 0 Å². The van der Waals surface area contributed by atoms with Crippen LogP contribution in [0.1, 0.15) is 51.9 Å². The topological polar surface area (TPSA) is 15.3 Å². The molecule has 1 saturated heterocycles. The molecule has 2 unspecified atom stereocenters. The van der Waals surface area contributed by atoms with Crippen molar-refractivity contribution >= 4 is 0 Å². The molecule has 1 heterocycles. The molecule has 1 aliphatic carbocycles. The Morgan fingerprint density at radius 3 is 2.62 bits per heavy atom. The molecule has 1 aliphatic heterocycles. The summed E-state index contributed by atoms with van der Waals surface area (Å²) in [5.41, 5.74) is 0. The van der Waals surface area contributed by atoms with E-state index in [0.717, 1.165) is 12.0 Å². The predicted molar refractivity (Wildman–Crippen MR) is 69.7 cm³/mol. The summed E-state index contributed by atoms with van der Waals surface area (Å²) in [7, 11) is 2.07. The molecule has 2 nitrogen and oxygen atoms in total. The Balaban J connectivity index is 1.78. The fraction of sp³-hybridized carbons (Fsp3) is 1.00. The van der Waals surface area contributed by atoms with Crippen molar-refractivity contribution in [3.8, 4) is 0 Å². The Kier molecular flexibility index (Phi) is 4.66. The van der Waals surface area contributed by atoms with Crippen molar-refractivity contribution in [2.24, 2.45) is 5.92 Å². The molecule has 0 aromatic rings. The summed E-state index contributed by atoms with van der Waals surface area (Å²) in [5.74, 6) is 1.03.